The van der Waals surface area contributed by atoms with E-state index in [-0.39, 0.29) is 24.6 Å². The summed E-state index contributed by atoms with van der Waals surface area (Å²) in [5, 5.41) is 0. The van der Waals surface area contributed by atoms with Crippen LogP contribution in [0.2, 0.25) is 0 Å². The number of hydrogen-bond acceptors (Lipinski definition) is 5. The first-order chi connectivity index (χ1) is 9.02. The number of likely N-dealkylation sites (tertiary alicyclic amines) is 1. The third-order valence-corrected chi connectivity index (χ3v) is 3.56. The SMILES string of the molecule is CCOC(=O)CCC(=O)CN(C)C1CCCN(C)C1. The Balaban J connectivity index is 2.25. The second-order valence-electron chi connectivity index (χ2n) is 5.32. The van der Waals surface area contributed by atoms with Crippen LogP contribution in [0.1, 0.15) is 32.6 Å². The summed E-state index contributed by atoms with van der Waals surface area (Å²) >= 11 is 0. The van der Waals surface area contributed by atoms with Crippen molar-refractivity contribution in [3.05, 3.63) is 0 Å². The second kappa shape index (κ2) is 8.27. The van der Waals surface area contributed by atoms with E-state index in [4.69, 9.17) is 4.74 Å². The van der Waals surface area contributed by atoms with Gasteiger partial charge in [-0.05, 0) is 40.4 Å². The Morgan fingerprint density at radius 3 is 2.74 bits per heavy atom. The first-order valence-corrected chi connectivity index (χ1v) is 7.09. The van der Waals surface area contributed by atoms with Gasteiger partial charge in [0.05, 0.1) is 19.6 Å². The van der Waals surface area contributed by atoms with Gasteiger partial charge in [-0.3, -0.25) is 14.5 Å². The molecule has 0 N–H and O–H groups in total. The Morgan fingerprint density at radius 2 is 2.11 bits per heavy atom. The van der Waals surface area contributed by atoms with E-state index in [1.165, 1.54) is 6.42 Å². The standard InChI is InChI=1S/C14H26N2O3/c1-4-19-14(18)8-7-13(17)11-16(3)12-6-5-9-15(2)10-12/h12H,4-11H2,1-3H3. The van der Waals surface area contributed by atoms with Crippen molar-refractivity contribution >= 4 is 11.8 Å². The second-order valence-corrected chi connectivity index (χ2v) is 5.32. The smallest absolute Gasteiger partial charge is 0.306 e. The number of Topliss-reactive ketones (excluding diaryl/α,β-unsaturated/α-hetero) is 1. The van der Waals surface area contributed by atoms with Crippen molar-refractivity contribution in [1.29, 1.82) is 0 Å². The Morgan fingerprint density at radius 1 is 1.37 bits per heavy atom. The van der Waals surface area contributed by atoms with Crippen molar-refractivity contribution in [1.82, 2.24) is 9.80 Å². The van der Waals surface area contributed by atoms with E-state index < -0.39 is 0 Å². The number of likely N-dealkylation sites (N-methyl/N-ethyl adjacent to an activating group) is 2. The van der Waals surface area contributed by atoms with Gasteiger partial charge in [-0.15, -0.1) is 0 Å². The van der Waals surface area contributed by atoms with E-state index in [2.05, 4.69) is 16.8 Å². The molecule has 1 rings (SSSR count). The average Bonchev–Trinajstić information content (AvgIpc) is 2.36. The zero-order valence-electron chi connectivity index (χ0n) is 12.4. The normalized spacial score (nSPS) is 20.5. The predicted molar refractivity (Wildman–Crippen MR) is 74.0 cm³/mol. The number of nitrogens with zero attached hydrogens (tertiary/aromatic N) is 2. The van der Waals surface area contributed by atoms with Crippen LogP contribution in [0.5, 0.6) is 0 Å². The maximum absolute atomic E-state index is 11.8. The lowest BCUT2D eigenvalue weighted by molar-refractivity contribution is -0.144. The Kier molecular flexibility index (Phi) is 7.02. The van der Waals surface area contributed by atoms with E-state index >= 15 is 0 Å². The number of piperidine rings is 1. The van der Waals surface area contributed by atoms with E-state index in [0.717, 1.165) is 19.5 Å². The molecule has 0 bridgehead atoms. The minimum atomic E-state index is -0.282. The van der Waals surface area contributed by atoms with Crippen molar-refractivity contribution in [3.8, 4) is 0 Å². The maximum Gasteiger partial charge on any atom is 0.306 e. The fourth-order valence-electron chi connectivity index (χ4n) is 2.46. The van der Waals surface area contributed by atoms with Gasteiger partial charge < -0.3 is 9.64 Å². The van der Waals surface area contributed by atoms with Crippen molar-refractivity contribution in [2.75, 3.05) is 40.3 Å². The van der Waals surface area contributed by atoms with E-state index in [1.54, 1.807) is 6.92 Å². The van der Waals surface area contributed by atoms with Crippen molar-refractivity contribution in [2.24, 2.45) is 0 Å². The highest BCUT2D eigenvalue weighted by molar-refractivity contribution is 5.84. The van der Waals surface area contributed by atoms with Crippen molar-refractivity contribution in [2.45, 2.75) is 38.6 Å². The van der Waals surface area contributed by atoms with Crippen LogP contribution in [0.15, 0.2) is 0 Å². The molecule has 1 atom stereocenters. The topological polar surface area (TPSA) is 49.9 Å². The molecule has 1 saturated heterocycles. The molecule has 19 heavy (non-hydrogen) atoms. The minimum absolute atomic E-state index is 0.115. The molecule has 0 amide bonds. The quantitative estimate of drug-likeness (QED) is 0.644. The van der Waals surface area contributed by atoms with Gasteiger partial charge in [0, 0.05) is 19.0 Å². The van der Waals surface area contributed by atoms with Gasteiger partial charge in [0.15, 0.2) is 0 Å². The fourth-order valence-corrected chi connectivity index (χ4v) is 2.46. The molecule has 0 aliphatic carbocycles. The average molecular weight is 270 g/mol. The minimum Gasteiger partial charge on any atom is -0.466 e. The summed E-state index contributed by atoms with van der Waals surface area (Å²) in [6, 6.07) is 0.449. The maximum atomic E-state index is 11.8. The molecule has 0 radical (unpaired) electrons. The van der Waals surface area contributed by atoms with Gasteiger partial charge >= 0.3 is 5.97 Å². The molecule has 1 aliphatic rings. The van der Waals surface area contributed by atoms with Crippen molar-refractivity contribution < 1.29 is 14.3 Å². The summed E-state index contributed by atoms with van der Waals surface area (Å²) in [4.78, 5) is 27.4. The van der Waals surface area contributed by atoms with Crippen LogP contribution in [-0.2, 0) is 14.3 Å². The Hall–Kier alpha value is -0.940. The van der Waals surface area contributed by atoms with E-state index in [1.807, 2.05) is 7.05 Å². The summed E-state index contributed by atoms with van der Waals surface area (Å²) in [6.07, 6.45) is 2.81. The van der Waals surface area contributed by atoms with Crippen LogP contribution in [0.4, 0.5) is 0 Å². The Labute approximate surface area is 115 Å². The lowest BCUT2D eigenvalue weighted by Crippen LogP contribution is -2.46. The highest BCUT2D eigenvalue weighted by atomic mass is 16.5. The lowest BCUT2D eigenvalue weighted by atomic mass is 10.0. The summed E-state index contributed by atoms with van der Waals surface area (Å²) < 4.78 is 4.82. The summed E-state index contributed by atoms with van der Waals surface area (Å²) in [5.74, 6) is -0.167. The first-order valence-electron chi connectivity index (χ1n) is 7.09. The number of hydrogen-bond donors (Lipinski definition) is 0. The molecule has 1 aliphatic heterocycles. The molecule has 0 aromatic heterocycles. The van der Waals surface area contributed by atoms with Gasteiger partial charge in [0.1, 0.15) is 5.78 Å². The van der Waals surface area contributed by atoms with E-state index in [0.29, 0.717) is 19.2 Å². The van der Waals surface area contributed by atoms with E-state index in [9.17, 15) is 9.59 Å². The van der Waals surface area contributed by atoms with Crippen LogP contribution >= 0.6 is 0 Å². The largest absolute Gasteiger partial charge is 0.466 e. The summed E-state index contributed by atoms with van der Waals surface area (Å²) in [5.41, 5.74) is 0. The molecule has 0 aromatic carbocycles. The number of ether oxygens (including phenoxy) is 1. The third kappa shape index (κ3) is 6.16. The van der Waals surface area contributed by atoms with Gasteiger partial charge in [-0.25, -0.2) is 0 Å². The van der Waals surface area contributed by atoms with Crippen LogP contribution < -0.4 is 0 Å². The molecular weight excluding hydrogens is 244 g/mol. The van der Waals surface area contributed by atoms with Crippen LogP contribution in [-0.4, -0.2) is 67.9 Å². The number of carbonyl (C=O) groups excluding carboxylic acids is 2. The van der Waals surface area contributed by atoms with Gasteiger partial charge in [-0.1, -0.05) is 0 Å². The molecule has 1 fully saturated rings. The monoisotopic (exact) mass is 270 g/mol. The highest BCUT2D eigenvalue weighted by Gasteiger charge is 2.22. The molecule has 110 valence electrons. The highest BCUT2D eigenvalue weighted by Crippen LogP contribution is 2.13. The van der Waals surface area contributed by atoms with Crippen molar-refractivity contribution in [3.63, 3.8) is 0 Å². The molecular formula is C14H26N2O3. The zero-order valence-corrected chi connectivity index (χ0v) is 12.4. The molecule has 0 aromatic rings. The molecule has 0 saturated carbocycles. The molecule has 0 spiro atoms. The first kappa shape index (κ1) is 16.1. The molecule has 5 nitrogen and oxygen atoms in total. The zero-order chi connectivity index (χ0) is 14.3. The molecule has 5 heteroatoms. The number of ketones is 1. The van der Waals surface area contributed by atoms with Crippen LogP contribution in [0.3, 0.4) is 0 Å². The summed E-state index contributed by atoms with van der Waals surface area (Å²) in [6.45, 7) is 4.73. The third-order valence-electron chi connectivity index (χ3n) is 3.56. The summed E-state index contributed by atoms with van der Waals surface area (Å²) in [7, 11) is 4.11. The molecule has 1 heterocycles. The van der Waals surface area contributed by atoms with Crippen LogP contribution in [0.25, 0.3) is 0 Å². The van der Waals surface area contributed by atoms with Crippen LogP contribution in [0, 0.1) is 0 Å². The van der Waals surface area contributed by atoms with Gasteiger partial charge in [0.2, 0.25) is 0 Å². The molecule has 1 unspecified atom stereocenters. The Bertz CT molecular complexity index is 307. The number of esters is 1. The van der Waals surface area contributed by atoms with Gasteiger partial charge in [0.25, 0.3) is 0 Å². The number of rotatable bonds is 7. The van der Waals surface area contributed by atoms with Gasteiger partial charge in [-0.2, -0.15) is 0 Å². The predicted octanol–water partition coefficient (Wildman–Crippen LogP) is 0.925. The fraction of sp³-hybridized carbons (Fsp3) is 0.857. The number of carbonyl (C=O) groups is 2. The lowest BCUT2D eigenvalue weighted by Gasteiger charge is -2.35.